The Kier molecular flexibility index (Phi) is 2.81. The molecule has 1 aliphatic rings. The van der Waals surface area contributed by atoms with Crippen molar-refractivity contribution in [1.29, 1.82) is 0 Å². The maximum atomic E-state index is 11.0. The zero-order chi connectivity index (χ0) is 10.8. The van der Waals surface area contributed by atoms with Gasteiger partial charge in [-0.25, -0.2) is 0 Å². The van der Waals surface area contributed by atoms with Crippen LogP contribution in [0, 0.1) is 0 Å². The second-order valence-electron chi connectivity index (χ2n) is 4.05. The summed E-state index contributed by atoms with van der Waals surface area (Å²) in [6, 6.07) is 0.488. The third-order valence-corrected chi connectivity index (χ3v) is 2.86. The van der Waals surface area contributed by atoms with Crippen LogP contribution in [0.25, 0.3) is 0 Å². The van der Waals surface area contributed by atoms with Crippen molar-refractivity contribution in [1.82, 2.24) is 15.0 Å². The van der Waals surface area contributed by atoms with E-state index in [1.807, 2.05) is 0 Å². The molecule has 2 rings (SSSR count). The van der Waals surface area contributed by atoms with Crippen LogP contribution in [-0.2, 0) is 6.42 Å². The first-order valence-electron chi connectivity index (χ1n) is 5.20. The number of ketones is 1. The van der Waals surface area contributed by atoms with Gasteiger partial charge < -0.3 is 9.42 Å². The topological polar surface area (TPSA) is 59.2 Å². The van der Waals surface area contributed by atoms with Gasteiger partial charge in [0.25, 0.3) is 5.89 Å². The van der Waals surface area contributed by atoms with Crippen molar-refractivity contribution in [2.45, 2.75) is 32.2 Å². The van der Waals surface area contributed by atoms with Gasteiger partial charge in [0.2, 0.25) is 5.78 Å². The number of aromatic nitrogens is 2. The maximum absolute atomic E-state index is 11.0. The predicted octanol–water partition coefficient (Wildman–Crippen LogP) is 0.909. The number of rotatable bonds is 3. The van der Waals surface area contributed by atoms with E-state index in [0.717, 1.165) is 13.0 Å². The summed E-state index contributed by atoms with van der Waals surface area (Å²) in [5.41, 5.74) is 0. The normalized spacial score (nSPS) is 22.1. The molecule has 1 saturated heterocycles. The number of carbonyl (C=O) groups is 1. The molecule has 1 fully saturated rings. The van der Waals surface area contributed by atoms with E-state index in [0.29, 0.717) is 11.9 Å². The first-order chi connectivity index (χ1) is 7.16. The van der Waals surface area contributed by atoms with Gasteiger partial charge in [0.15, 0.2) is 5.82 Å². The molecule has 1 unspecified atom stereocenters. The standard InChI is InChI=1S/C10H15N3O2/c1-7(14)10-11-9(12-15-10)6-8-4-3-5-13(8)2/h8H,3-6H2,1-2H3. The summed E-state index contributed by atoms with van der Waals surface area (Å²) in [5.74, 6) is 0.582. The van der Waals surface area contributed by atoms with Crippen molar-refractivity contribution < 1.29 is 9.32 Å². The zero-order valence-electron chi connectivity index (χ0n) is 9.06. The number of hydrogen-bond acceptors (Lipinski definition) is 5. The lowest BCUT2D eigenvalue weighted by molar-refractivity contribution is 0.0972. The number of Topliss-reactive ketones (excluding diaryl/α,β-unsaturated/α-hetero) is 1. The minimum Gasteiger partial charge on any atom is -0.331 e. The van der Waals surface area contributed by atoms with E-state index in [4.69, 9.17) is 4.52 Å². The second-order valence-corrected chi connectivity index (χ2v) is 4.05. The average molecular weight is 209 g/mol. The zero-order valence-corrected chi connectivity index (χ0v) is 9.06. The summed E-state index contributed by atoms with van der Waals surface area (Å²) in [4.78, 5) is 17.3. The van der Waals surface area contributed by atoms with Crippen LogP contribution >= 0.6 is 0 Å². The van der Waals surface area contributed by atoms with Gasteiger partial charge in [-0.3, -0.25) is 4.79 Å². The predicted molar refractivity (Wildman–Crippen MR) is 53.7 cm³/mol. The number of carbonyl (C=O) groups excluding carboxylic acids is 1. The van der Waals surface area contributed by atoms with E-state index in [-0.39, 0.29) is 11.7 Å². The quantitative estimate of drug-likeness (QED) is 0.692. The molecule has 1 aromatic rings. The van der Waals surface area contributed by atoms with Crippen LogP contribution in [0.2, 0.25) is 0 Å². The van der Waals surface area contributed by atoms with E-state index in [1.54, 1.807) is 0 Å². The van der Waals surface area contributed by atoms with Crippen LogP contribution in [0.15, 0.2) is 4.52 Å². The molecule has 2 heterocycles. The first kappa shape index (κ1) is 10.3. The largest absolute Gasteiger partial charge is 0.331 e. The molecule has 0 radical (unpaired) electrons. The van der Waals surface area contributed by atoms with Gasteiger partial charge in [0.1, 0.15) is 0 Å². The minimum absolute atomic E-state index is 0.116. The summed E-state index contributed by atoms with van der Waals surface area (Å²) in [7, 11) is 2.10. The highest BCUT2D eigenvalue weighted by molar-refractivity contribution is 5.89. The van der Waals surface area contributed by atoms with Gasteiger partial charge in [-0.05, 0) is 26.4 Å². The van der Waals surface area contributed by atoms with Crippen LogP contribution in [0.1, 0.15) is 36.3 Å². The van der Waals surface area contributed by atoms with Gasteiger partial charge in [0.05, 0.1) is 0 Å². The molecule has 0 bridgehead atoms. The number of likely N-dealkylation sites (N-methyl/N-ethyl adjacent to an activating group) is 1. The number of hydrogen-bond donors (Lipinski definition) is 0. The van der Waals surface area contributed by atoms with E-state index in [9.17, 15) is 4.79 Å². The maximum Gasteiger partial charge on any atom is 0.293 e. The summed E-state index contributed by atoms with van der Waals surface area (Å²) in [6.45, 7) is 2.56. The fourth-order valence-electron chi connectivity index (χ4n) is 1.93. The molecule has 0 amide bonds. The number of nitrogens with zero attached hydrogens (tertiary/aromatic N) is 3. The molecule has 1 aliphatic heterocycles. The Balaban J connectivity index is 2.01. The van der Waals surface area contributed by atoms with Crippen LogP contribution in [0.4, 0.5) is 0 Å². The van der Waals surface area contributed by atoms with E-state index >= 15 is 0 Å². The second kappa shape index (κ2) is 4.10. The minimum atomic E-state index is -0.173. The smallest absolute Gasteiger partial charge is 0.293 e. The molecule has 0 N–H and O–H groups in total. The summed E-state index contributed by atoms with van der Waals surface area (Å²) in [6.07, 6.45) is 3.16. The number of likely N-dealkylation sites (tertiary alicyclic amines) is 1. The van der Waals surface area contributed by atoms with Crippen LogP contribution < -0.4 is 0 Å². The molecule has 5 heteroatoms. The highest BCUT2D eigenvalue weighted by Gasteiger charge is 2.23. The molecular formula is C10H15N3O2. The summed E-state index contributed by atoms with van der Waals surface area (Å²) >= 11 is 0. The van der Waals surface area contributed by atoms with Crippen molar-refractivity contribution in [3.05, 3.63) is 11.7 Å². The lowest BCUT2D eigenvalue weighted by Crippen LogP contribution is -2.27. The SMILES string of the molecule is CC(=O)c1nc(CC2CCCN2C)no1. The summed E-state index contributed by atoms with van der Waals surface area (Å²) in [5, 5.41) is 3.80. The highest BCUT2D eigenvalue weighted by Crippen LogP contribution is 2.17. The van der Waals surface area contributed by atoms with Gasteiger partial charge >= 0.3 is 0 Å². The van der Waals surface area contributed by atoms with Gasteiger partial charge in [-0.2, -0.15) is 4.98 Å². The van der Waals surface area contributed by atoms with Gasteiger partial charge in [0, 0.05) is 19.4 Å². The molecule has 0 aliphatic carbocycles. The van der Waals surface area contributed by atoms with Crippen molar-refractivity contribution in [2.24, 2.45) is 0 Å². The third kappa shape index (κ3) is 2.23. The fourth-order valence-corrected chi connectivity index (χ4v) is 1.93. The first-order valence-corrected chi connectivity index (χ1v) is 5.20. The molecule has 0 spiro atoms. The Morgan fingerprint density at radius 2 is 2.47 bits per heavy atom. The Morgan fingerprint density at radius 3 is 3.00 bits per heavy atom. The Labute approximate surface area is 88.5 Å². The van der Waals surface area contributed by atoms with E-state index in [2.05, 4.69) is 22.1 Å². The van der Waals surface area contributed by atoms with E-state index in [1.165, 1.54) is 19.8 Å². The molecule has 1 atom stereocenters. The fraction of sp³-hybridized carbons (Fsp3) is 0.700. The molecule has 5 nitrogen and oxygen atoms in total. The van der Waals surface area contributed by atoms with Gasteiger partial charge in [-0.15, -0.1) is 0 Å². The monoisotopic (exact) mass is 209 g/mol. The van der Waals surface area contributed by atoms with Crippen molar-refractivity contribution >= 4 is 5.78 Å². The lowest BCUT2D eigenvalue weighted by Gasteiger charge is -2.16. The lowest BCUT2D eigenvalue weighted by atomic mass is 10.1. The highest BCUT2D eigenvalue weighted by atomic mass is 16.5. The van der Waals surface area contributed by atoms with Crippen molar-refractivity contribution in [3.8, 4) is 0 Å². The Morgan fingerprint density at radius 1 is 1.67 bits per heavy atom. The molecular weight excluding hydrogens is 194 g/mol. The van der Waals surface area contributed by atoms with Crippen LogP contribution in [0.3, 0.4) is 0 Å². The van der Waals surface area contributed by atoms with Crippen molar-refractivity contribution in [2.75, 3.05) is 13.6 Å². The molecule has 15 heavy (non-hydrogen) atoms. The molecule has 0 aromatic carbocycles. The molecule has 0 saturated carbocycles. The van der Waals surface area contributed by atoms with E-state index < -0.39 is 0 Å². The Bertz CT molecular complexity index is 361. The average Bonchev–Trinajstić information content (AvgIpc) is 2.77. The molecule has 82 valence electrons. The van der Waals surface area contributed by atoms with Gasteiger partial charge in [-0.1, -0.05) is 5.16 Å². The third-order valence-electron chi connectivity index (χ3n) is 2.86. The van der Waals surface area contributed by atoms with Crippen molar-refractivity contribution in [3.63, 3.8) is 0 Å². The molecule has 1 aromatic heterocycles. The summed E-state index contributed by atoms with van der Waals surface area (Å²) < 4.78 is 4.84. The Hall–Kier alpha value is -1.23. The van der Waals surface area contributed by atoms with Crippen LogP contribution in [-0.4, -0.2) is 40.5 Å². The van der Waals surface area contributed by atoms with Crippen LogP contribution in [0.5, 0.6) is 0 Å².